The van der Waals surface area contributed by atoms with E-state index in [1.165, 1.54) is 16.2 Å². The van der Waals surface area contributed by atoms with Gasteiger partial charge in [0.25, 0.3) is 0 Å². The highest BCUT2D eigenvalue weighted by atomic mass is 16.5. The van der Waals surface area contributed by atoms with Crippen molar-refractivity contribution in [1.82, 2.24) is 19.9 Å². The van der Waals surface area contributed by atoms with Crippen LogP contribution in [0.1, 0.15) is 24.8 Å². The summed E-state index contributed by atoms with van der Waals surface area (Å²) in [4.78, 5) is 30.2. The maximum absolute atomic E-state index is 12.0. The van der Waals surface area contributed by atoms with Gasteiger partial charge in [-0.3, -0.25) is 9.80 Å². The number of pyridine rings is 1. The van der Waals surface area contributed by atoms with E-state index < -0.39 is 6.03 Å². The average molecular weight is 450 g/mol. The second-order valence-corrected chi connectivity index (χ2v) is 8.68. The summed E-state index contributed by atoms with van der Waals surface area (Å²) >= 11 is 0. The third-order valence-corrected chi connectivity index (χ3v) is 6.50. The highest BCUT2D eigenvalue weighted by Crippen LogP contribution is 2.35. The minimum absolute atomic E-state index is 0.457. The SMILES string of the molecule is NC(=O)N(CCCCN1CCN(c2cccc3c2OCCC3)CC1)c1nc2ncccc2[nH]1. The number of ether oxygens (including phenoxy) is 1. The Bertz CT molecular complexity index is 1070. The van der Waals surface area contributed by atoms with E-state index in [0.29, 0.717) is 18.1 Å². The molecule has 0 aliphatic carbocycles. The molecule has 1 saturated heterocycles. The lowest BCUT2D eigenvalue weighted by Crippen LogP contribution is -2.47. The summed E-state index contributed by atoms with van der Waals surface area (Å²) in [5, 5.41) is 0. The monoisotopic (exact) mass is 449 g/mol. The van der Waals surface area contributed by atoms with Gasteiger partial charge in [-0.15, -0.1) is 0 Å². The van der Waals surface area contributed by atoms with Crippen LogP contribution in [0.4, 0.5) is 16.4 Å². The first-order chi connectivity index (χ1) is 16.2. The average Bonchev–Trinajstić information content (AvgIpc) is 3.27. The number of nitrogens with one attached hydrogen (secondary N) is 1. The molecule has 0 spiro atoms. The molecule has 2 aliphatic heterocycles. The second kappa shape index (κ2) is 9.66. The number of carbonyl (C=O) groups excluding carboxylic acids is 1. The number of primary amides is 1. The summed E-state index contributed by atoms with van der Waals surface area (Å²) in [5.41, 5.74) is 9.57. The van der Waals surface area contributed by atoms with E-state index in [1.54, 1.807) is 6.20 Å². The number of para-hydroxylation sites is 1. The van der Waals surface area contributed by atoms with Gasteiger partial charge in [-0.05, 0) is 56.0 Å². The molecule has 1 aromatic carbocycles. The van der Waals surface area contributed by atoms with Crippen molar-refractivity contribution in [2.45, 2.75) is 25.7 Å². The minimum Gasteiger partial charge on any atom is -0.491 e. The number of benzene rings is 1. The number of imidazole rings is 1. The van der Waals surface area contributed by atoms with E-state index in [2.05, 4.69) is 43.0 Å². The van der Waals surface area contributed by atoms with Crippen molar-refractivity contribution in [2.75, 3.05) is 55.7 Å². The number of hydrogen-bond donors (Lipinski definition) is 2. The number of carbonyl (C=O) groups is 1. The third-order valence-electron chi connectivity index (χ3n) is 6.50. The van der Waals surface area contributed by atoms with Crippen molar-refractivity contribution in [3.8, 4) is 5.75 Å². The zero-order chi connectivity index (χ0) is 22.6. The molecule has 3 N–H and O–H groups in total. The van der Waals surface area contributed by atoms with Crippen LogP contribution >= 0.6 is 0 Å². The van der Waals surface area contributed by atoms with Crippen molar-refractivity contribution in [3.63, 3.8) is 0 Å². The van der Waals surface area contributed by atoms with Crippen molar-refractivity contribution < 1.29 is 9.53 Å². The van der Waals surface area contributed by atoms with Crippen LogP contribution in [-0.2, 0) is 6.42 Å². The lowest BCUT2D eigenvalue weighted by atomic mass is 10.0. The van der Waals surface area contributed by atoms with Crippen LogP contribution in [0.5, 0.6) is 5.75 Å². The van der Waals surface area contributed by atoms with Gasteiger partial charge < -0.3 is 20.4 Å². The number of unbranched alkanes of at least 4 members (excludes halogenated alkanes) is 1. The van der Waals surface area contributed by atoms with Gasteiger partial charge in [0.1, 0.15) is 5.75 Å². The number of aromatic amines is 1. The first-order valence-corrected chi connectivity index (χ1v) is 11.8. The molecule has 2 amide bonds. The molecule has 33 heavy (non-hydrogen) atoms. The van der Waals surface area contributed by atoms with Crippen LogP contribution in [-0.4, -0.2) is 71.8 Å². The number of fused-ring (bicyclic) bond motifs is 2. The molecule has 2 aliphatic rings. The third kappa shape index (κ3) is 4.73. The zero-order valence-corrected chi connectivity index (χ0v) is 18.9. The van der Waals surface area contributed by atoms with Crippen LogP contribution in [0, 0.1) is 0 Å². The van der Waals surface area contributed by atoms with E-state index in [9.17, 15) is 4.79 Å². The molecule has 0 atom stereocenters. The number of rotatable bonds is 7. The highest BCUT2D eigenvalue weighted by Gasteiger charge is 2.23. The Morgan fingerprint density at radius 1 is 1.15 bits per heavy atom. The predicted octanol–water partition coefficient (Wildman–Crippen LogP) is 2.77. The standard InChI is InChI=1S/C24H31N7O2/c25-23(32)31(24-27-19-8-4-10-26-22(19)28-24)12-2-1-11-29-13-15-30(16-14-29)20-9-3-6-18-7-5-17-33-21(18)20/h3-4,6,8-10H,1-2,5,7,11-17H2,(H2,25,32)(H,26,27,28). The number of H-pyrrole nitrogens is 1. The number of hydrogen-bond acceptors (Lipinski definition) is 6. The number of urea groups is 1. The molecule has 174 valence electrons. The van der Waals surface area contributed by atoms with Crippen LogP contribution in [0.25, 0.3) is 11.2 Å². The summed E-state index contributed by atoms with van der Waals surface area (Å²) in [5.74, 6) is 1.54. The van der Waals surface area contributed by atoms with E-state index >= 15 is 0 Å². The van der Waals surface area contributed by atoms with Gasteiger partial charge in [-0.25, -0.2) is 9.78 Å². The molecular weight excluding hydrogens is 418 g/mol. The molecule has 0 unspecified atom stereocenters. The van der Waals surface area contributed by atoms with Crippen molar-refractivity contribution in [1.29, 1.82) is 0 Å². The fourth-order valence-electron chi connectivity index (χ4n) is 4.72. The van der Waals surface area contributed by atoms with Gasteiger partial charge in [0.2, 0.25) is 5.95 Å². The van der Waals surface area contributed by atoms with E-state index in [-0.39, 0.29) is 0 Å². The summed E-state index contributed by atoms with van der Waals surface area (Å²) < 4.78 is 6.00. The fourth-order valence-corrected chi connectivity index (χ4v) is 4.72. The topological polar surface area (TPSA) is 104 Å². The Hall–Kier alpha value is -3.33. The number of piperazine rings is 1. The minimum atomic E-state index is -0.504. The molecule has 2 aromatic heterocycles. The number of aromatic nitrogens is 3. The molecule has 9 heteroatoms. The number of nitrogens with zero attached hydrogens (tertiary/aromatic N) is 5. The highest BCUT2D eigenvalue weighted by molar-refractivity contribution is 5.90. The molecular formula is C24H31N7O2. The maximum Gasteiger partial charge on any atom is 0.321 e. The molecule has 0 saturated carbocycles. The Kier molecular flexibility index (Phi) is 6.30. The van der Waals surface area contributed by atoms with Gasteiger partial charge in [-0.2, -0.15) is 4.98 Å². The normalized spacial score (nSPS) is 16.4. The summed E-state index contributed by atoms with van der Waals surface area (Å²) in [7, 11) is 0. The lowest BCUT2D eigenvalue weighted by molar-refractivity contribution is 0.247. The first kappa shape index (κ1) is 21.5. The fraction of sp³-hybridized carbons (Fsp3) is 0.458. The molecule has 3 aromatic rings. The Labute approximate surface area is 193 Å². The van der Waals surface area contributed by atoms with Gasteiger partial charge >= 0.3 is 6.03 Å². The number of amides is 2. The quantitative estimate of drug-likeness (QED) is 0.538. The number of nitrogens with two attached hydrogens (primary N) is 1. The van der Waals surface area contributed by atoms with E-state index in [1.807, 2.05) is 12.1 Å². The molecule has 4 heterocycles. The largest absolute Gasteiger partial charge is 0.491 e. The molecule has 0 radical (unpaired) electrons. The van der Waals surface area contributed by atoms with Gasteiger partial charge in [0, 0.05) is 38.9 Å². The van der Waals surface area contributed by atoms with Crippen LogP contribution in [0.15, 0.2) is 36.5 Å². The van der Waals surface area contributed by atoms with Crippen LogP contribution in [0.2, 0.25) is 0 Å². The van der Waals surface area contributed by atoms with E-state index in [0.717, 1.165) is 76.3 Å². The number of anilines is 2. The summed E-state index contributed by atoms with van der Waals surface area (Å²) in [6.07, 6.45) is 5.74. The van der Waals surface area contributed by atoms with Gasteiger partial charge in [0.15, 0.2) is 5.65 Å². The van der Waals surface area contributed by atoms with Crippen molar-refractivity contribution in [3.05, 3.63) is 42.1 Å². The Morgan fingerprint density at radius 2 is 2.03 bits per heavy atom. The molecule has 1 fully saturated rings. The zero-order valence-electron chi connectivity index (χ0n) is 18.9. The van der Waals surface area contributed by atoms with E-state index in [4.69, 9.17) is 10.5 Å². The van der Waals surface area contributed by atoms with Gasteiger partial charge in [-0.1, -0.05) is 12.1 Å². The summed E-state index contributed by atoms with van der Waals surface area (Å²) in [6, 6.07) is 9.73. The maximum atomic E-state index is 12.0. The Balaban J connectivity index is 1.10. The van der Waals surface area contributed by atoms with Crippen LogP contribution in [0.3, 0.4) is 0 Å². The first-order valence-electron chi connectivity index (χ1n) is 11.8. The molecule has 9 nitrogen and oxygen atoms in total. The predicted molar refractivity (Wildman–Crippen MR) is 129 cm³/mol. The van der Waals surface area contributed by atoms with Crippen LogP contribution < -0.4 is 20.3 Å². The Morgan fingerprint density at radius 3 is 2.85 bits per heavy atom. The number of aryl methyl sites for hydroxylation is 1. The molecule has 5 rings (SSSR count). The van der Waals surface area contributed by atoms with Crippen molar-refractivity contribution in [2.24, 2.45) is 5.73 Å². The van der Waals surface area contributed by atoms with Gasteiger partial charge in [0.05, 0.1) is 17.8 Å². The lowest BCUT2D eigenvalue weighted by Gasteiger charge is -2.37. The summed E-state index contributed by atoms with van der Waals surface area (Å²) in [6.45, 7) is 6.40. The molecule has 0 bridgehead atoms. The van der Waals surface area contributed by atoms with Crippen molar-refractivity contribution >= 4 is 28.8 Å². The second-order valence-electron chi connectivity index (χ2n) is 8.68. The smallest absolute Gasteiger partial charge is 0.321 e.